The highest BCUT2D eigenvalue weighted by molar-refractivity contribution is 5.87. The van der Waals surface area contributed by atoms with Crippen molar-refractivity contribution in [1.29, 1.82) is 0 Å². The number of carbonyl (C=O) groups excluding carboxylic acids is 1. The molecule has 0 aliphatic carbocycles. The fourth-order valence-electron chi connectivity index (χ4n) is 3.18. The van der Waals surface area contributed by atoms with Crippen LogP contribution in [0.4, 0.5) is 16.4 Å². The predicted molar refractivity (Wildman–Crippen MR) is 104 cm³/mol. The molecule has 4 rings (SSSR count). The highest BCUT2D eigenvalue weighted by Crippen LogP contribution is 2.33. The van der Waals surface area contributed by atoms with Crippen LogP contribution in [-0.4, -0.2) is 27.5 Å². The minimum Gasteiger partial charge on any atom is -0.361 e. The van der Waals surface area contributed by atoms with Crippen molar-refractivity contribution in [1.82, 2.24) is 20.3 Å². The molecule has 0 bridgehead atoms. The molecule has 2 amide bonds. The third kappa shape index (κ3) is 3.57. The number of para-hydroxylation sites is 1. The maximum absolute atomic E-state index is 11.9. The van der Waals surface area contributed by atoms with Crippen molar-refractivity contribution in [3.63, 3.8) is 0 Å². The number of carbonyl (C=O) groups is 1. The molecule has 0 unspecified atom stereocenters. The lowest BCUT2D eigenvalue weighted by molar-refractivity contribution is 0.252. The monoisotopic (exact) mass is 360 g/mol. The van der Waals surface area contributed by atoms with E-state index in [1.807, 2.05) is 37.3 Å². The van der Waals surface area contributed by atoms with Crippen LogP contribution in [0.2, 0.25) is 0 Å². The summed E-state index contributed by atoms with van der Waals surface area (Å²) in [6.45, 7) is 3.78. The number of hydrogen-bond acceptors (Lipinski definition) is 5. The Morgan fingerprint density at radius 1 is 1.11 bits per heavy atom. The Hall–Kier alpha value is -3.48. The number of anilines is 2. The number of urea groups is 1. The summed E-state index contributed by atoms with van der Waals surface area (Å²) >= 11 is 0. The van der Waals surface area contributed by atoms with E-state index in [1.54, 1.807) is 12.4 Å². The number of benzene rings is 1. The third-order valence-corrected chi connectivity index (χ3v) is 4.40. The van der Waals surface area contributed by atoms with Crippen LogP contribution in [-0.2, 0) is 13.1 Å². The molecule has 0 atom stereocenters. The number of fused-ring (bicyclic) bond motifs is 1. The SMILES string of the molecule is CCNC(=O)Nc1nc2c(c(-c3cccnc3)n1)CN(c1ccccc1)C2. The Labute approximate surface area is 157 Å². The average Bonchev–Trinajstić information content (AvgIpc) is 3.13. The van der Waals surface area contributed by atoms with E-state index in [-0.39, 0.29) is 6.03 Å². The van der Waals surface area contributed by atoms with E-state index in [1.165, 1.54) is 0 Å². The first-order valence-corrected chi connectivity index (χ1v) is 8.89. The minimum atomic E-state index is -0.313. The second kappa shape index (κ2) is 7.41. The number of nitrogens with one attached hydrogen (secondary N) is 2. The first-order chi connectivity index (χ1) is 13.2. The number of aromatic nitrogens is 3. The van der Waals surface area contributed by atoms with Crippen molar-refractivity contribution in [2.75, 3.05) is 16.8 Å². The molecule has 0 saturated carbocycles. The summed E-state index contributed by atoms with van der Waals surface area (Å²) in [7, 11) is 0. The lowest BCUT2D eigenvalue weighted by Gasteiger charge is -2.17. The van der Waals surface area contributed by atoms with Crippen LogP contribution in [0.3, 0.4) is 0 Å². The number of nitrogens with zero attached hydrogens (tertiary/aromatic N) is 4. The fraction of sp³-hybridized carbons (Fsp3) is 0.200. The molecule has 1 aromatic carbocycles. The van der Waals surface area contributed by atoms with Crippen LogP contribution in [0.5, 0.6) is 0 Å². The average molecular weight is 360 g/mol. The van der Waals surface area contributed by atoms with Gasteiger partial charge in [0, 0.05) is 42.3 Å². The summed E-state index contributed by atoms with van der Waals surface area (Å²) < 4.78 is 0. The molecule has 0 spiro atoms. The van der Waals surface area contributed by atoms with Gasteiger partial charge in [-0.15, -0.1) is 0 Å². The van der Waals surface area contributed by atoms with Gasteiger partial charge in [-0.1, -0.05) is 18.2 Å². The van der Waals surface area contributed by atoms with E-state index in [0.717, 1.165) is 28.2 Å². The molecule has 0 fully saturated rings. The zero-order chi connectivity index (χ0) is 18.6. The Bertz CT molecular complexity index is 945. The number of rotatable bonds is 4. The topological polar surface area (TPSA) is 83.0 Å². The number of pyridine rings is 1. The number of hydrogen-bond donors (Lipinski definition) is 2. The van der Waals surface area contributed by atoms with Gasteiger partial charge in [0.2, 0.25) is 5.95 Å². The highest BCUT2D eigenvalue weighted by Gasteiger charge is 2.26. The summed E-state index contributed by atoms with van der Waals surface area (Å²) in [5.41, 5.74) is 4.82. The summed E-state index contributed by atoms with van der Waals surface area (Å²) in [6, 6.07) is 13.7. The first kappa shape index (κ1) is 17.0. The van der Waals surface area contributed by atoms with Gasteiger partial charge in [0.1, 0.15) is 0 Å². The van der Waals surface area contributed by atoms with E-state index in [9.17, 15) is 4.79 Å². The fourth-order valence-corrected chi connectivity index (χ4v) is 3.18. The van der Waals surface area contributed by atoms with Crippen molar-refractivity contribution in [3.8, 4) is 11.3 Å². The van der Waals surface area contributed by atoms with Crippen LogP contribution in [0.25, 0.3) is 11.3 Å². The smallest absolute Gasteiger partial charge is 0.321 e. The van der Waals surface area contributed by atoms with Gasteiger partial charge in [0.05, 0.1) is 17.9 Å². The van der Waals surface area contributed by atoms with E-state index in [0.29, 0.717) is 25.6 Å². The van der Waals surface area contributed by atoms with Gasteiger partial charge in [-0.25, -0.2) is 14.8 Å². The quantitative estimate of drug-likeness (QED) is 0.746. The van der Waals surface area contributed by atoms with Crippen LogP contribution in [0.1, 0.15) is 18.2 Å². The van der Waals surface area contributed by atoms with Crippen molar-refractivity contribution < 1.29 is 4.79 Å². The molecule has 136 valence electrons. The number of amides is 2. The lowest BCUT2D eigenvalue weighted by atomic mass is 10.1. The molecule has 3 heterocycles. The lowest BCUT2D eigenvalue weighted by Crippen LogP contribution is -2.29. The standard InChI is InChI=1S/C20H20N6O/c1-2-22-20(27)25-19-23-17-13-26(15-8-4-3-5-9-15)12-16(17)18(24-19)14-7-6-10-21-11-14/h3-11H,2,12-13H2,1H3,(H2,22,23,24,25,27). The molecule has 0 saturated heterocycles. The summed E-state index contributed by atoms with van der Waals surface area (Å²) in [6.07, 6.45) is 3.51. The van der Waals surface area contributed by atoms with Gasteiger partial charge >= 0.3 is 6.03 Å². The largest absolute Gasteiger partial charge is 0.361 e. The molecule has 1 aliphatic rings. The summed E-state index contributed by atoms with van der Waals surface area (Å²) in [5, 5.41) is 5.43. The van der Waals surface area contributed by atoms with Gasteiger partial charge in [-0.05, 0) is 31.2 Å². The Morgan fingerprint density at radius 3 is 2.70 bits per heavy atom. The van der Waals surface area contributed by atoms with E-state index in [2.05, 4.69) is 42.6 Å². The maximum Gasteiger partial charge on any atom is 0.321 e. The molecular weight excluding hydrogens is 340 g/mol. The van der Waals surface area contributed by atoms with Crippen molar-refractivity contribution in [3.05, 3.63) is 66.1 Å². The third-order valence-electron chi connectivity index (χ3n) is 4.40. The van der Waals surface area contributed by atoms with Crippen LogP contribution in [0.15, 0.2) is 54.9 Å². The van der Waals surface area contributed by atoms with Crippen molar-refractivity contribution >= 4 is 17.7 Å². The van der Waals surface area contributed by atoms with Crippen molar-refractivity contribution in [2.45, 2.75) is 20.0 Å². The zero-order valence-electron chi connectivity index (χ0n) is 15.0. The molecule has 7 nitrogen and oxygen atoms in total. The molecule has 2 aromatic heterocycles. The summed E-state index contributed by atoms with van der Waals surface area (Å²) in [5.74, 6) is 0.300. The van der Waals surface area contributed by atoms with E-state index >= 15 is 0 Å². The zero-order valence-corrected chi connectivity index (χ0v) is 15.0. The molecular formula is C20H20N6O. The van der Waals surface area contributed by atoms with Crippen LogP contribution in [0, 0.1) is 0 Å². The van der Waals surface area contributed by atoms with Crippen molar-refractivity contribution in [2.24, 2.45) is 0 Å². The van der Waals surface area contributed by atoms with Gasteiger partial charge in [0.15, 0.2) is 0 Å². The minimum absolute atomic E-state index is 0.300. The Balaban J connectivity index is 1.73. The summed E-state index contributed by atoms with van der Waals surface area (Å²) in [4.78, 5) is 27.6. The van der Waals surface area contributed by atoms with Crippen LogP contribution >= 0.6 is 0 Å². The molecule has 3 aromatic rings. The van der Waals surface area contributed by atoms with Crippen LogP contribution < -0.4 is 15.5 Å². The van der Waals surface area contributed by atoms with Gasteiger partial charge in [-0.3, -0.25) is 10.3 Å². The Morgan fingerprint density at radius 2 is 1.96 bits per heavy atom. The molecule has 27 heavy (non-hydrogen) atoms. The first-order valence-electron chi connectivity index (χ1n) is 8.89. The predicted octanol–water partition coefficient (Wildman–Crippen LogP) is 3.20. The Kier molecular flexibility index (Phi) is 4.65. The van der Waals surface area contributed by atoms with E-state index in [4.69, 9.17) is 0 Å². The van der Waals surface area contributed by atoms with Gasteiger partial charge in [-0.2, -0.15) is 0 Å². The molecule has 1 aliphatic heterocycles. The molecule has 7 heteroatoms. The van der Waals surface area contributed by atoms with Gasteiger partial charge < -0.3 is 10.2 Å². The normalized spacial score (nSPS) is 12.6. The maximum atomic E-state index is 11.9. The second-order valence-electron chi connectivity index (χ2n) is 6.24. The van der Waals surface area contributed by atoms with E-state index < -0.39 is 0 Å². The molecule has 0 radical (unpaired) electrons. The second-order valence-corrected chi connectivity index (χ2v) is 6.24. The highest BCUT2D eigenvalue weighted by atomic mass is 16.2. The van der Waals surface area contributed by atoms with Gasteiger partial charge in [0.25, 0.3) is 0 Å². The molecule has 2 N–H and O–H groups in total.